The molecule has 1 amide bonds. The lowest BCUT2D eigenvalue weighted by Gasteiger charge is -2.23. The van der Waals surface area contributed by atoms with E-state index in [-0.39, 0.29) is 11.9 Å². The number of rotatable bonds is 5. The summed E-state index contributed by atoms with van der Waals surface area (Å²) in [4.78, 5) is 13.9. The molecule has 0 saturated carbocycles. The number of ether oxygens (including phenoxy) is 1. The Morgan fingerprint density at radius 1 is 1.25 bits per heavy atom. The minimum absolute atomic E-state index is 0.0357. The molecule has 0 unspecified atom stereocenters. The molecule has 1 fully saturated rings. The fourth-order valence-electron chi connectivity index (χ4n) is 2.18. The number of amides is 1. The molecule has 5 nitrogen and oxygen atoms in total. The summed E-state index contributed by atoms with van der Waals surface area (Å²) >= 11 is 0. The summed E-state index contributed by atoms with van der Waals surface area (Å²) in [6, 6.07) is 8.28. The van der Waals surface area contributed by atoms with Crippen molar-refractivity contribution in [3.8, 4) is 0 Å². The maximum absolute atomic E-state index is 11.8. The zero-order valence-corrected chi connectivity index (χ0v) is 12.2. The summed E-state index contributed by atoms with van der Waals surface area (Å²) in [5.41, 5.74) is 2.10. The Balaban J connectivity index is 1.74. The number of hydrogen-bond donors (Lipinski definition) is 2. The summed E-state index contributed by atoms with van der Waals surface area (Å²) in [6.07, 6.45) is 1.81. The summed E-state index contributed by atoms with van der Waals surface area (Å²) in [5, 5.41) is 6.17. The Labute approximate surface area is 120 Å². The van der Waals surface area contributed by atoms with Gasteiger partial charge in [-0.15, -0.1) is 0 Å². The molecule has 1 heterocycles. The average Bonchev–Trinajstić information content (AvgIpc) is 2.46. The van der Waals surface area contributed by atoms with Gasteiger partial charge in [-0.25, -0.2) is 0 Å². The molecular weight excluding hydrogens is 254 g/mol. The van der Waals surface area contributed by atoms with Gasteiger partial charge < -0.3 is 20.3 Å². The topological polar surface area (TPSA) is 53.6 Å². The van der Waals surface area contributed by atoms with Crippen LogP contribution in [0, 0.1) is 0 Å². The predicted molar refractivity (Wildman–Crippen MR) is 81.2 cm³/mol. The molecule has 0 radical (unpaired) electrons. The van der Waals surface area contributed by atoms with Crippen molar-refractivity contribution in [1.29, 1.82) is 0 Å². The molecule has 2 rings (SSSR count). The van der Waals surface area contributed by atoms with Gasteiger partial charge in [-0.05, 0) is 37.1 Å². The number of anilines is 2. The van der Waals surface area contributed by atoms with Crippen LogP contribution in [0.4, 0.5) is 11.4 Å². The largest absolute Gasteiger partial charge is 0.381 e. The lowest BCUT2D eigenvalue weighted by atomic mass is 10.1. The Kier molecular flexibility index (Phi) is 5.24. The van der Waals surface area contributed by atoms with Gasteiger partial charge in [-0.1, -0.05) is 0 Å². The van der Waals surface area contributed by atoms with Crippen LogP contribution in [0.5, 0.6) is 0 Å². The second kappa shape index (κ2) is 7.14. The van der Waals surface area contributed by atoms with Crippen LogP contribution in [0.15, 0.2) is 24.3 Å². The molecule has 1 aromatic rings. The summed E-state index contributed by atoms with van der Waals surface area (Å²) in [5.74, 6) is 0.0357. The van der Waals surface area contributed by atoms with E-state index in [1.165, 1.54) is 0 Å². The van der Waals surface area contributed by atoms with Crippen molar-refractivity contribution in [3.05, 3.63) is 24.3 Å². The highest BCUT2D eigenvalue weighted by Gasteiger charge is 2.15. The van der Waals surface area contributed by atoms with Gasteiger partial charge in [0.05, 0.1) is 6.54 Å². The molecule has 0 atom stereocenters. The molecule has 110 valence electrons. The van der Waals surface area contributed by atoms with Crippen LogP contribution in [0.2, 0.25) is 0 Å². The standard InChI is InChI=1S/C15H23N3O2/c1-18(2)14-5-3-12(4-6-14)16-11-15(19)17-13-7-9-20-10-8-13/h3-6,13,16H,7-11H2,1-2H3,(H,17,19). The van der Waals surface area contributed by atoms with Crippen LogP contribution in [0.3, 0.4) is 0 Å². The number of nitrogens with one attached hydrogen (secondary N) is 2. The van der Waals surface area contributed by atoms with Gasteiger partial charge in [-0.2, -0.15) is 0 Å². The Morgan fingerprint density at radius 3 is 2.50 bits per heavy atom. The molecule has 0 spiro atoms. The molecule has 2 N–H and O–H groups in total. The van der Waals surface area contributed by atoms with Gasteiger partial charge in [0.25, 0.3) is 0 Å². The van der Waals surface area contributed by atoms with Gasteiger partial charge in [0.2, 0.25) is 5.91 Å². The molecule has 20 heavy (non-hydrogen) atoms. The Hall–Kier alpha value is -1.75. The van der Waals surface area contributed by atoms with Crippen molar-refractivity contribution >= 4 is 17.3 Å². The maximum Gasteiger partial charge on any atom is 0.239 e. The van der Waals surface area contributed by atoms with Crippen molar-refractivity contribution in [2.24, 2.45) is 0 Å². The van der Waals surface area contributed by atoms with E-state index in [0.717, 1.165) is 37.4 Å². The van der Waals surface area contributed by atoms with Crippen LogP contribution in [0.25, 0.3) is 0 Å². The molecule has 1 saturated heterocycles. The van der Waals surface area contributed by atoms with Gasteiger partial charge in [0.1, 0.15) is 0 Å². The number of carbonyl (C=O) groups excluding carboxylic acids is 1. The number of nitrogens with zero attached hydrogens (tertiary/aromatic N) is 1. The van der Waals surface area contributed by atoms with Crippen LogP contribution in [0.1, 0.15) is 12.8 Å². The SMILES string of the molecule is CN(C)c1ccc(NCC(=O)NC2CCOCC2)cc1. The van der Waals surface area contributed by atoms with Crippen molar-refractivity contribution in [2.75, 3.05) is 44.1 Å². The van der Waals surface area contributed by atoms with Gasteiger partial charge >= 0.3 is 0 Å². The fraction of sp³-hybridized carbons (Fsp3) is 0.533. The van der Waals surface area contributed by atoms with Gasteiger partial charge in [0, 0.05) is 44.7 Å². The van der Waals surface area contributed by atoms with Gasteiger partial charge in [0.15, 0.2) is 0 Å². The third kappa shape index (κ3) is 4.42. The molecule has 5 heteroatoms. The van der Waals surface area contributed by atoms with E-state index in [0.29, 0.717) is 6.54 Å². The lowest BCUT2D eigenvalue weighted by Crippen LogP contribution is -2.41. The molecular formula is C15H23N3O2. The second-order valence-corrected chi connectivity index (χ2v) is 5.25. The minimum atomic E-state index is 0.0357. The van der Waals surface area contributed by atoms with Crippen LogP contribution < -0.4 is 15.5 Å². The first-order chi connectivity index (χ1) is 9.65. The van der Waals surface area contributed by atoms with Gasteiger partial charge in [-0.3, -0.25) is 4.79 Å². The Morgan fingerprint density at radius 2 is 1.90 bits per heavy atom. The highest BCUT2D eigenvalue weighted by molar-refractivity contribution is 5.81. The van der Waals surface area contributed by atoms with E-state index in [1.54, 1.807) is 0 Å². The monoisotopic (exact) mass is 277 g/mol. The van der Waals surface area contributed by atoms with Crippen molar-refractivity contribution < 1.29 is 9.53 Å². The minimum Gasteiger partial charge on any atom is -0.381 e. The van der Waals surface area contributed by atoms with E-state index in [1.807, 2.05) is 43.3 Å². The first-order valence-electron chi connectivity index (χ1n) is 7.03. The maximum atomic E-state index is 11.8. The third-order valence-corrected chi connectivity index (χ3v) is 3.42. The third-order valence-electron chi connectivity index (χ3n) is 3.42. The molecule has 0 bridgehead atoms. The molecule has 1 aliphatic rings. The molecule has 1 aliphatic heterocycles. The Bertz CT molecular complexity index is 425. The number of carbonyl (C=O) groups is 1. The molecule has 1 aromatic carbocycles. The average molecular weight is 277 g/mol. The van der Waals surface area contributed by atoms with E-state index in [4.69, 9.17) is 4.74 Å². The number of benzene rings is 1. The normalized spacial score (nSPS) is 15.7. The van der Waals surface area contributed by atoms with E-state index < -0.39 is 0 Å². The van der Waals surface area contributed by atoms with E-state index in [2.05, 4.69) is 10.6 Å². The number of hydrogen-bond acceptors (Lipinski definition) is 4. The molecule has 0 aromatic heterocycles. The highest BCUT2D eigenvalue weighted by Crippen LogP contribution is 2.15. The van der Waals surface area contributed by atoms with Crippen LogP contribution in [-0.2, 0) is 9.53 Å². The fourth-order valence-corrected chi connectivity index (χ4v) is 2.18. The first-order valence-corrected chi connectivity index (χ1v) is 7.03. The summed E-state index contributed by atoms with van der Waals surface area (Å²) < 4.78 is 5.27. The zero-order chi connectivity index (χ0) is 14.4. The second-order valence-electron chi connectivity index (χ2n) is 5.25. The van der Waals surface area contributed by atoms with Crippen molar-refractivity contribution in [2.45, 2.75) is 18.9 Å². The summed E-state index contributed by atoms with van der Waals surface area (Å²) in [6.45, 7) is 1.79. The predicted octanol–water partition coefficient (Wildman–Crippen LogP) is 1.46. The van der Waals surface area contributed by atoms with Crippen LogP contribution in [-0.4, -0.2) is 45.8 Å². The first kappa shape index (κ1) is 14.7. The van der Waals surface area contributed by atoms with E-state index in [9.17, 15) is 4.79 Å². The van der Waals surface area contributed by atoms with Crippen molar-refractivity contribution in [3.63, 3.8) is 0 Å². The molecule has 0 aliphatic carbocycles. The summed E-state index contributed by atoms with van der Waals surface area (Å²) in [7, 11) is 4.01. The van der Waals surface area contributed by atoms with Crippen molar-refractivity contribution in [1.82, 2.24) is 5.32 Å². The smallest absolute Gasteiger partial charge is 0.239 e. The zero-order valence-electron chi connectivity index (χ0n) is 12.2. The highest BCUT2D eigenvalue weighted by atomic mass is 16.5. The van der Waals surface area contributed by atoms with Crippen LogP contribution >= 0.6 is 0 Å². The van der Waals surface area contributed by atoms with E-state index >= 15 is 0 Å². The quantitative estimate of drug-likeness (QED) is 0.855. The lowest BCUT2D eigenvalue weighted by molar-refractivity contribution is -0.120.